The van der Waals surface area contributed by atoms with Gasteiger partial charge < -0.3 is 9.73 Å². The molecule has 0 saturated carbocycles. The van der Waals surface area contributed by atoms with Crippen molar-refractivity contribution in [3.8, 4) is 11.3 Å². The fraction of sp³-hybridized carbons (Fsp3) is 0.400. The van der Waals surface area contributed by atoms with Crippen molar-refractivity contribution in [3.63, 3.8) is 0 Å². The summed E-state index contributed by atoms with van der Waals surface area (Å²) in [7, 11) is 0. The van der Waals surface area contributed by atoms with E-state index in [0.717, 1.165) is 12.6 Å². The zero-order valence-electron chi connectivity index (χ0n) is 11.9. The molecule has 0 aliphatic carbocycles. The smallest absolute Gasteiger partial charge is 0.417 e. The molecule has 1 aromatic heterocycles. The van der Waals surface area contributed by atoms with Crippen LogP contribution in [0.2, 0.25) is 0 Å². The number of benzene rings is 1. The van der Waals surface area contributed by atoms with Gasteiger partial charge in [0.15, 0.2) is 12.2 Å². The third kappa shape index (κ3) is 3.85. The van der Waals surface area contributed by atoms with Gasteiger partial charge in [-0.2, -0.15) is 13.2 Å². The first-order chi connectivity index (χ1) is 9.89. The van der Waals surface area contributed by atoms with E-state index in [1.54, 1.807) is 6.07 Å². The van der Waals surface area contributed by atoms with Gasteiger partial charge >= 0.3 is 6.18 Å². The van der Waals surface area contributed by atoms with Gasteiger partial charge in [-0.25, -0.2) is 4.98 Å². The van der Waals surface area contributed by atoms with Crippen molar-refractivity contribution in [3.05, 3.63) is 41.9 Å². The van der Waals surface area contributed by atoms with E-state index in [4.69, 9.17) is 4.42 Å². The van der Waals surface area contributed by atoms with Gasteiger partial charge in [-0.15, -0.1) is 0 Å². The summed E-state index contributed by atoms with van der Waals surface area (Å²) in [5.41, 5.74) is -0.219. The highest BCUT2D eigenvalue weighted by atomic mass is 19.4. The van der Waals surface area contributed by atoms with Crippen molar-refractivity contribution in [2.75, 3.05) is 6.54 Å². The summed E-state index contributed by atoms with van der Waals surface area (Å²) < 4.78 is 44.3. The Bertz CT molecular complexity index is 591. The van der Waals surface area contributed by atoms with Crippen LogP contribution < -0.4 is 5.32 Å². The molecule has 0 unspecified atom stereocenters. The molecule has 0 aliphatic heterocycles. The lowest BCUT2D eigenvalue weighted by Crippen LogP contribution is -2.19. The van der Waals surface area contributed by atoms with Crippen molar-refractivity contribution in [1.29, 1.82) is 0 Å². The van der Waals surface area contributed by atoms with Crippen molar-refractivity contribution in [2.24, 2.45) is 5.92 Å². The van der Waals surface area contributed by atoms with E-state index in [-0.39, 0.29) is 11.3 Å². The lowest BCUT2D eigenvalue weighted by molar-refractivity contribution is -0.137. The first-order valence-corrected chi connectivity index (χ1v) is 6.69. The molecule has 0 radical (unpaired) electrons. The van der Waals surface area contributed by atoms with Crippen molar-refractivity contribution in [1.82, 2.24) is 10.3 Å². The van der Waals surface area contributed by atoms with Gasteiger partial charge in [0, 0.05) is 12.1 Å². The molecule has 0 atom stereocenters. The number of alkyl halides is 3. The topological polar surface area (TPSA) is 38.1 Å². The predicted octanol–water partition coefficient (Wildman–Crippen LogP) is 4.11. The van der Waals surface area contributed by atoms with Crippen LogP contribution in [0.4, 0.5) is 13.2 Å². The maximum atomic E-state index is 13.1. The SMILES string of the molecule is CC(C)CNCc1ncoc1-c1ccccc1C(F)(F)F. The predicted molar refractivity (Wildman–Crippen MR) is 73.5 cm³/mol. The standard InChI is InChI=1S/C15H17F3N2O/c1-10(2)7-19-8-13-14(21-9-20-13)11-5-3-4-6-12(11)15(16,17)18/h3-6,9-10,19H,7-8H2,1-2H3. The van der Waals surface area contributed by atoms with Crippen LogP contribution in [0, 0.1) is 5.92 Å². The second kappa shape index (κ2) is 6.30. The van der Waals surface area contributed by atoms with Crippen LogP contribution in [0.3, 0.4) is 0 Å². The average Bonchev–Trinajstić information content (AvgIpc) is 2.85. The molecule has 1 heterocycles. The zero-order chi connectivity index (χ0) is 15.5. The van der Waals surface area contributed by atoms with E-state index in [9.17, 15) is 13.2 Å². The average molecular weight is 298 g/mol. The minimum absolute atomic E-state index is 0.0175. The van der Waals surface area contributed by atoms with Crippen molar-refractivity contribution >= 4 is 0 Å². The summed E-state index contributed by atoms with van der Waals surface area (Å²) in [6.45, 7) is 5.23. The molecule has 0 fully saturated rings. The molecular formula is C15H17F3N2O. The molecule has 1 aromatic carbocycles. The number of hydrogen-bond donors (Lipinski definition) is 1. The summed E-state index contributed by atoms with van der Waals surface area (Å²) in [6, 6.07) is 5.36. The van der Waals surface area contributed by atoms with Gasteiger partial charge in [-0.1, -0.05) is 32.0 Å². The number of nitrogens with one attached hydrogen (secondary N) is 1. The van der Waals surface area contributed by atoms with Crippen LogP contribution in [0.1, 0.15) is 25.1 Å². The molecule has 1 N–H and O–H groups in total. The Hall–Kier alpha value is -1.82. The van der Waals surface area contributed by atoms with Crippen LogP contribution in [-0.4, -0.2) is 11.5 Å². The number of hydrogen-bond acceptors (Lipinski definition) is 3. The van der Waals surface area contributed by atoms with Crippen LogP contribution in [0.15, 0.2) is 35.1 Å². The highest BCUT2D eigenvalue weighted by Crippen LogP contribution is 2.37. The molecule has 6 heteroatoms. The summed E-state index contributed by atoms with van der Waals surface area (Å²) in [6.07, 6.45) is -3.25. The van der Waals surface area contributed by atoms with E-state index in [2.05, 4.69) is 24.1 Å². The van der Waals surface area contributed by atoms with Gasteiger partial charge in [-0.3, -0.25) is 0 Å². The Labute approximate surface area is 121 Å². The molecule has 2 aromatic rings. The molecule has 0 spiro atoms. The molecule has 0 amide bonds. The van der Waals surface area contributed by atoms with Gasteiger partial charge in [0.2, 0.25) is 0 Å². The molecule has 21 heavy (non-hydrogen) atoms. The lowest BCUT2D eigenvalue weighted by Gasteiger charge is -2.12. The second-order valence-corrected chi connectivity index (χ2v) is 5.20. The van der Waals surface area contributed by atoms with E-state index in [1.807, 2.05) is 0 Å². The Kier molecular flexibility index (Phi) is 4.67. The summed E-state index contributed by atoms with van der Waals surface area (Å²) in [5.74, 6) is 0.613. The van der Waals surface area contributed by atoms with E-state index in [1.165, 1.54) is 18.5 Å². The fourth-order valence-corrected chi connectivity index (χ4v) is 2.02. The Morgan fingerprint density at radius 3 is 2.62 bits per heavy atom. The number of nitrogens with zero attached hydrogens (tertiary/aromatic N) is 1. The van der Waals surface area contributed by atoms with E-state index >= 15 is 0 Å². The van der Waals surface area contributed by atoms with Gasteiger partial charge in [0.25, 0.3) is 0 Å². The normalized spacial score (nSPS) is 12.1. The summed E-state index contributed by atoms with van der Waals surface area (Å²) in [4.78, 5) is 4.02. The van der Waals surface area contributed by atoms with Gasteiger partial charge in [-0.05, 0) is 18.5 Å². The van der Waals surface area contributed by atoms with Crippen LogP contribution >= 0.6 is 0 Å². The van der Waals surface area contributed by atoms with Crippen LogP contribution in [0.25, 0.3) is 11.3 Å². The Balaban J connectivity index is 2.30. The first-order valence-electron chi connectivity index (χ1n) is 6.69. The number of rotatable bonds is 5. The fourth-order valence-electron chi connectivity index (χ4n) is 2.02. The number of halogens is 3. The van der Waals surface area contributed by atoms with Crippen molar-refractivity contribution < 1.29 is 17.6 Å². The molecule has 0 bridgehead atoms. The number of aromatic nitrogens is 1. The summed E-state index contributed by atoms with van der Waals surface area (Å²) >= 11 is 0. The Morgan fingerprint density at radius 2 is 1.95 bits per heavy atom. The lowest BCUT2D eigenvalue weighted by atomic mass is 10.0. The van der Waals surface area contributed by atoms with Crippen molar-refractivity contribution in [2.45, 2.75) is 26.6 Å². The summed E-state index contributed by atoms with van der Waals surface area (Å²) in [5, 5.41) is 3.15. The highest BCUT2D eigenvalue weighted by Gasteiger charge is 2.34. The van der Waals surface area contributed by atoms with Gasteiger partial charge in [0.05, 0.1) is 5.56 Å². The van der Waals surface area contributed by atoms with E-state index < -0.39 is 11.7 Å². The minimum Gasteiger partial charge on any atom is -0.443 e. The Morgan fingerprint density at radius 1 is 1.24 bits per heavy atom. The van der Waals surface area contributed by atoms with Crippen LogP contribution in [-0.2, 0) is 12.7 Å². The molecule has 2 rings (SSSR count). The third-order valence-electron chi connectivity index (χ3n) is 2.96. The highest BCUT2D eigenvalue weighted by molar-refractivity contribution is 5.64. The number of oxazole rings is 1. The van der Waals surface area contributed by atoms with Gasteiger partial charge in [0.1, 0.15) is 5.69 Å². The first kappa shape index (κ1) is 15.6. The quantitative estimate of drug-likeness (QED) is 0.903. The maximum Gasteiger partial charge on any atom is 0.417 e. The molecule has 3 nitrogen and oxygen atoms in total. The second-order valence-electron chi connectivity index (χ2n) is 5.20. The van der Waals surface area contributed by atoms with Crippen LogP contribution in [0.5, 0.6) is 0 Å². The maximum absolute atomic E-state index is 13.1. The molecular weight excluding hydrogens is 281 g/mol. The third-order valence-corrected chi connectivity index (χ3v) is 2.96. The molecule has 0 saturated heterocycles. The largest absolute Gasteiger partial charge is 0.443 e. The van der Waals surface area contributed by atoms with E-state index in [0.29, 0.717) is 18.2 Å². The molecule has 114 valence electrons. The molecule has 0 aliphatic rings. The minimum atomic E-state index is -4.42. The monoisotopic (exact) mass is 298 g/mol. The zero-order valence-corrected chi connectivity index (χ0v) is 11.9.